The monoisotopic (exact) mass is 286 g/mol. The van der Waals surface area contributed by atoms with Gasteiger partial charge < -0.3 is 11.1 Å². The number of halogens is 1. The van der Waals surface area contributed by atoms with E-state index in [0.29, 0.717) is 22.3 Å². The lowest BCUT2D eigenvalue weighted by Gasteiger charge is -2.11. The molecule has 0 spiro atoms. The van der Waals surface area contributed by atoms with E-state index in [1.54, 1.807) is 35.4 Å². The Balaban J connectivity index is 1.94. The Bertz CT molecular complexity index is 708. The first kappa shape index (κ1) is 12.4. The van der Waals surface area contributed by atoms with Crippen molar-refractivity contribution in [1.29, 1.82) is 0 Å². The molecule has 0 aliphatic carbocycles. The Hall–Kier alpha value is -2.60. The summed E-state index contributed by atoms with van der Waals surface area (Å²) in [5.74, 6) is 1.11. The van der Waals surface area contributed by atoms with Gasteiger partial charge in [-0.05, 0) is 24.3 Å². The lowest BCUT2D eigenvalue weighted by molar-refractivity contribution is 0.977. The summed E-state index contributed by atoms with van der Waals surface area (Å²) in [4.78, 5) is 12.3. The Morgan fingerprint density at radius 2 is 1.95 bits per heavy atom. The second-order valence-corrected chi connectivity index (χ2v) is 4.50. The van der Waals surface area contributed by atoms with Crippen molar-refractivity contribution in [3.8, 4) is 5.82 Å². The molecule has 0 unspecified atom stereocenters. The number of nitrogens with zero attached hydrogens (tertiary/aromatic N) is 4. The molecule has 0 aliphatic heterocycles. The average Bonchev–Trinajstić information content (AvgIpc) is 2.97. The van der Waals surface area contributed by atoms with Gasteiger partial charge in [0.1, 0.15) is 18.3 Å². The fourth-order valence-corrected chi connectivity index (χ4v) is 1.87. The Morgan fingerprint density at radius 3 is 2.65 bits per heavy atom. The van der Waals surface area contributed by atoms with Crippen LogP contribution in [-0.4, -0.2) is 19.5 Å². The summed E-state index contributed by atoms with van der Waals surface area (Å²) in [6.45, 7) is 0. The van der Waals surface area contributed by atoms with Gasteiger partial charge in [0.25, 0.3) is 0 Å². The summed E-state index contributed by atoms with van der Waals surface area (Å²) in [5, 5.41) is 3.80. The molecular formula is C13H11ClN6. The number of nitrogens with one attached hydrogen (secondary N) is 1. The van der Waals surface area contributed by atoms with Crippen molar-refractivity contribution < 1.29 is 0 Å². The zero-order valence-corrected chi connectivity index (χ0v) is 11.1. The second kappa shape index (κ2) is 5.18. The van der Waals surface area contributed by atoms with Crippen LogP contribution in [0, 0.1) is 0 Å². The van der Waals surface area contributed by atoms with Gasteiger partial charge in [-0.25, -0.2) is 15.0 Å². The minimum absolute atomic E-state index is 0.445. The Labute approximate surface area is 120 Å². The van der Waals surface area contributed by atoms with Gasteiger partial charge in [-0.3, -0.25) is 4.57 Å². The van der Waals surface area contributed by atoms with Gasteiger partial charge in [-0.1, -0.05) is 11.6 Å². The molecule has 0 bridgehead atoms. The predicted octanol–water partition coefficient (Wildman–Crippen LogP) is 2.64. The number of benzene rings is 1. The van der Waals surface area contributed by atoms with E-state index in [2.05, 4.69) is 20.3 Å². The number of hydrogen-bond acceptors (Lipinski definition) is 5. The van der Waals surface area contributed by atoms with Gasteiger partial charge in [-0.15, -0.1) is 0 Å². The quantitative estimate of drug-likeness (QED) is 0.773. The zero-order valence-electron chi connectivity index (χ0n) is 10.4. The van der Waals surface area contributed by atoms with Gasteiger partial charge in [0.15, 0.2) is 11.6 Å². The van der Waals surface area contributed by atoms with E-state index in [9.17, 15) is 0 Å². The average molecular weight is 287 g/mol. The van der Waals surface area contributed by atoms with E-state index >= 15 is 0 Å². The van der Waals surface area contributed by atoms with Crippen molar-refractivity contribution in [2.45, 2.75) is 0 Å². The topological polar surface area (TPSA) is 81.6 Å². The molecule has 3 N–H and O–H groups in total. The number of imidazole rings is 1. The second-order valence-electron chi connectivity index (χ2n) is 4.06. The summed E-state index contributed by atoms with van der Waals surface area (Å²) in [7, 11) is 0. The number of rotatable bonds is 3. The maximum atomic E-state index is 6.09. The van der Waals surface area contributed by atoms with Crippen molar-refractivity contribution in [3.63, 3.8) is 0 Å². The highest BCUT2D eigenvalue weighted by atomic mass is 35.5. The smallest absolute Gasteiger partial charge is 0.166 e. The third-order valence-electron chi connectivity index (χ3n) is 2.72. The van der Waals surface area contributed by atoms with Crippen LogP contribution in [0.3, 0.4) is 0 Å². The number of nitrogens with two attached hydrogens (primary N) is 1. The van der Waals surface area contributed by atoms with E-state index in [0.717, 1.165) is 5.69 Å². The van der Waals surface area contributed by atoms with Crippen molar-refractivity contribution >= 4 is 28.8 Å². The number of aromatic nitrogens is 4. The standard InChI is InChI=1S/C13H11ClN6/c14-9-1-3-10(4-2-9)19-12-11(15)13(18-7-17-12)20-6-5-16-8-20/h1-8H,15H2,(H,17,18,19). The van der Waals surface area contributed by atoms with E-state index in [4.69, 9.17) is 17.3 Å². The van der Waals surface area contributed by atoms with Crippen LogP contribution in [0.15, 0.2) is 49.3 Å². The van der Waals surface area contributed by atoms with Gasteiger partial charge in [0.2, 0.25) is 0 Å². The van der Waals surface area contributed by atoms with E-state index < -0.39 is 0 Å². The highest BCUT2D eigenvalue weighted by molar-refractivity contribution is 6.30. The highest BCUT2D eigenvalue weighted by Crippen LogP contribution is 2.25. The van der Waals surface area contributed by atoms with Crippen molar-refractivity contribution in [3.05, 3.63) is 54.3 Å². The van der Waals surface area contributed by atoms with Gasteiger partial charge in [0.05, 0.1) is 0 Å². The largest absolute Gasteiger partial charge is 0.393 e. The van der Waals surface area contributed by atoms with Crippen LogP contribution >= 0.6 is 11.6 Å². The molecule has 0 radical (unpaired) electrons. The predicted molar refractivity (Wildman–Crippen MR) is 78.3 cm³/mol. The van der Waals surface area contributed by atoms with Crippen molar-refractivity contribution in [1.82, 2.24) is 19.5 Å². The Morgan fingerprint density at radius 1 is 1.15 bits per heavy atom. The molecule has 3 rings (SSSR count). The first-order chi connectivity index (χ1) is 9.74. The number of nitrogen functional groups attached to an aromatic ring is 1. The molecule has 1 aromatic carbocycles. The molecule has 0 saturated carbocycles. The van der Waals surface area contributed by atoms with E-state index in [1.807, 2.05) is 12.1 Å². The summed E-state index contributed by atoms with van der Waals surface area (Å²) < 4.78 is 1.73. The van der Waals surface area contributed by atoms with Crippen LogP contribution < -0.4 is 11.1 Å². The van der Waals surface area contributed by atoms with Gasteiger partial charge in [0, 0.05) is 23.1 Å². The summed E-state index contributed by atoms with van der Waals surface area (Å²) in [5.41, 5.74) is 7.38. The highest BCUT2D eigenvalue weighted by Gasteiger charge is 2.09. The van der Waals surface area contributed by atoms with Crippen molar-refractivity contribution in [2.75, 3.05) is 11.1 Å². The van der Waals surface area contributed by atoms with Crippen LogP contribution in [0.2, 0.25) is 5.02 Å². The minimum Gasteiger partial charge on any atom is -0.393 e. The lowest BCUT2D eigenvalue weighted by Crippen LogP contribution is -2.06. The maximum absolute atomic E-state index is 6.09. The molecule has 0 saturated heterocycles. The molecular weight excluding hydrogens is 276 g/mol. The van der Waals surface area contributed by atoms with Gasteiger partial charge in [-0.2, -0.15) is 0 Å². The molecule has 6 nitrogen and oxygen atoms in total. The van der Waals surface area contributed by atoms with Gasteiger partial charge >= 0.3 is 0 Å². The fraction of sp³-hybridized carbons (Fsp3) is 0. The molecule has 2 heterocycles. The van der Waals surface area contributed by atoms with Crippen LogP contribution in [0.4, 0.5) is 17.2 Å². The number of hydrogen-bond donors (Lipinski definition) is 2. The SMILES string of the molecule is Nc1c(Nc2ccc(Cl)cc2)ncnc1-n1ccnc1. The Kier molecular flexibility index (Phi) is 3.22. The van der Waals surface area contributed by atoms with E-state index in [-0.39, 0.29) is 0 Å². The molecule has 7 heteroatoms. The zero-order chi connectivity index (χ0) is 13.9. The molecule has 0 fully saturated rings. The van der Waals surface area contributed by atoms with Crippen LogP contribution in [0.5, 0.6) is 0 Å². The molecule has 20 heavy (non-hydrogen) atoms. The van der Waals surface area contributed by atoms with Crippen molar-refractivity contribution in [2.24, 2.45) is 0 Å². The maximum Gasteiger partial charge on any atom is 0.166 e. The summed E-state index contributed by atoms with van der Waals surface area (Å²) >= 11 is 5.85. The van der Waals surface area contributed by atoms with Crippen LogP contribution in [-0.2, 0) is 0 Å². The van der Waals surface area contributed by atoms with Crippen LogP contribution in [0.25, 0.3) is 5.82 Å². The summed E-state index contributed by atoms with van der Waals surface area (Å²) in [6.07, 6.45) is 6.51. The molecule has 0 aliphatic rings. The molecule has 100 valence electrons. The first-order valence-electron chi connectivity index (χ1n) is 5.85. The van der Waals surface area contributed by atoms with Crippen LogP contribution in [0.1, 0.15) is 0 Å². The molecule has 0 amide bonds. The normalized spacial score (nSPS) is 10.4. The first-order valence-corrected chi connectivity index (χ1v) is 6.23. The number of anilines is 3. The molecule has 2 aromatic heterocycles. The molecule has 0 atom stereocenters. The summed E-state index contributed by atoms with van der Waals surface area (Å²) in [6, 6.07) is 7.28. The third kappa shape index (κ3) is 2.41. The lowest BCUT2D eigenvalue weighted by atomic mass is 10.3. The minimum atomic E-state index is 0.445. The fourth-order valence-electron chi connectivity index (χ4n) is 1.75. The molecule has 3 aromatic rings. The third-order valence-corrected chi connectivity index (χ3v) is 2.97. The van der Waals surface area contributed by atoms with E-state index in [1.165, 1.54) is 6.33 Å².